The average Bonchev–Trinajstić information content (AvgIpc) is 1.71. The number of carboxylic acids is 2. The van der Waals surface area contributed by atoms with Gasteiger partial charge in [-0.05, 0) is 351 Å². The predicted molar refractivity (Wildman–Crippen MR) is 493 cm³/mol. The summed E-state index contributed by atoms with van der Waals surface area (Å²) in [6.45, 7) is 23.0. The van der Waals surface area contributed by atoms with Gasteiger partial charge in [0.15, 0.2) is 6.17 Å². The highest BCUT2D eigenvalue weighted by Gasteiger charge is 2.69. The zero-order chi connectivity index (χ0) is 94.6. The summed E-state index contributed by atoms with van der Waals surface area (Å²) in [4.78, 5) is 129. The van der Waals surface area contributed by atoms with Crippen LogP contribution in [0.4, 0.5) is 13.2 Å². The molecule has 13 unspecified atom stereocenters. The van der Waals surface area contributed by atoms with Gasteiger partial charge in [-0.1, -0.05) is 99.6 Å². The number of halogens is 3. The van der Waals surface area contributed by atoms with E-state index in [2.05, 4.69) is 99.6 Å². The molecule has 131 heavy (non-hydrogen) atoms. The molecule has 0 saturated heterocycles. The molecule has 15 fully saturated rings. The fraction of sp³-hybridized carbons (Fsp3) is 0.815. The van der Waals surface area contributed by atoms with Crippen LogP contribution in [-0.4, -0.2) is 199 Å². The Bertz CT molecular complexity index is 4470. The number of carboxylic acid groups (broad SMARTS) is 2. The second-order valence-electron chi connectivity index (χ2n) is 48.4. The van der Waals surface area contributed by atoms with Crippen molar-refractivity contribution in [2.24, 2.45) is 173 Å². The number of carbonyl (C=O) groups excluding carboxylic acids is 8. The summed E-state index contributed by atoms with van der Waals surface area (Å²) in [5.74, 6) is 5.70. The predicted octanol–water partition coefficient (Wildman–Crippen LogP) is 18.7. The fourth-order valence-electron chi connectivity index (χ4n) is 37.4. The van der Waals surface area contributed by atoms with Crippen molar-refractivity contribution in [2.45, 2.75) is 323 Å². The molecule has 0 aromatic carbocycles. The number of rotatable bonds is 10. The molecule has 0 spiro atoms. The number of hydrogen-bond donors (Lipinski definition) is 2. The maximum absolute atomic E-state index is 14.9. The Labute approximate surface area is 778 Å². The van der Waals surface area contributed by atoms with Crippen molar-refractivity contribution in [3.63, 3.8) is 0 Å². The number of likely N-dealkylation sites (N-methyl/N-ethyl adjacent to an activating group) is 5. The van der Waals surface area contributed by atoms with Crippen molar-refractivity contribution < 1.29 is 85.5 Å². The van der Waals surface area contributed by atoms with E-state index in [4.69, 9.17) is 14.2 Å². The van der Waals surface area contributed by atoms with Gasteiger partial charge < -0.3 is 48.9 Å². The molecule has 20 rings (SSSR count). The first-order valence-corrected chi connectivity index (χ1v) is 51.1. The molecule has 0 aromatic heterocycles. The van der Waals surface area contributed by atoms with Gasteiger partial charge in [0.1, 0.15) is 0 Å². The average molecular weight is 1820 g/mol. The van der Waals surface area contributed by atoms with Crippen LogP contribution in [0.1, 0.15) is 275 Å². The molecular formula is C108H158F3N5O15. The van der Waals surface area contributed by atoms with Crippen molar-refractivity contribution in [1.29, 1.82) is 0 Å². The minimum Gasteiger partial charge on any atom is -0.481 e. The lowest BCUT2D eigenvalue weighted by Gasteiger charge is -2.60. The van der Waals surface area contributed by atoms with Crippen LogP contribution < -0.4 is 0 Å². The number of hydrogen-bond acceptors (Lipinski definition) is 13. The first kappa shape index (κ1) is 97.3. The molecular weight excluding hydrogens is 1660 g/mol. The number of amides is 5. The Morgan fingerprint density at radius 3 is 0.779 bits per heavy atom. The van der Waals surface area contributed by atoms with Crippen molar-refractivity contribution in [1.82, 2.24) is 24.5 Å². The van der Waals surface area contributed by atoms with E-state index in [1.807, 2.05) is 59.7 Å². The number of fused-ring (bicyclic) bond motifs is 25. The third-order valence-corrected chi connectivity index (χ3v) is 44.5. The number of carbonyl (C=O) groups is 10. The van der Waals surface area contributed by atoms with Crippen LogP contribution in [0.3, 0.4) is 0 Å². The number of ether oxygens (including phenoxy) is 3. The second kappa shape index (κ2) is 35.6. The monoisotopic (exact) mass is 1820 g/mol. The van der Waals surface area contributed by atoms with Crippen LogP contribution in [0.5, 0.6) is 0 Å². The largest absolute Gasteiger partial charge is 0.481 e. The molecule has 5 aliphatic heterocycles. The van der Waals surface area contributed by atoms with Gasteiger partial charge in [0, 0.05) is 123 Å². The summed E-state index contributed by atoms with van der Waals surface area (Å²) < 4.78 is 58.5. The molecule has 20 nitrogen and oxygen atoms in total. The van der Waals surface area contributed by atoms with Crippen LogP contribution in [0.25, 0.3) is 0 Å². The number of nitrogens with zero attached hydrogens (tertiary/aromatic N) is 5. The summed E-state index contributed by atoms with van der Waals surface area (Å²) in [5.41, 5.74) is 0.183. The maximum atomic E-state index is 14.9. The van der Waals surface area contributed by atoms with Crippen molar-refractivity contribution in [2.75, 3.05) is 56.6 Å². The highest BCUT2D eigenvalue weighted by Crippen LogP contribution is 2.73. The molecule has 0 radical (unpaired) electrons. The van der Waals surface area contributed by atoms with Crippen molar-refractivity contribution >= 4 is 59.4 Å². The van der Waals surface area contributed by atoms with Crippen LogP contribution in [0, 0.1) is 173 Å². The SMILES string of the molecule is CN1C(=O)C=C[C@]2(C)C3CC[C@]4(C)[C@@H](C(F)C(=O)O)CC[C@H]4C3CC[C@@H]12.CN1C(=O)C=C[C@]2(C)C3CC[C@]4(C)[C@@H](CC(=O)O)CC[C@H]4C3CC[C@@H]12.COC(=O)C(F)[C@H]1CC[C@H]2C3CC[C@H]4N(C)C(=O)C=C[C@]4(C)C3CC[C@]12C.COC(=O)C(F)[C@H]1CC[C@H]2C3CC[C@H]4N(C)C(=O)C=C[C@]4(C)C3CC[C@]12C.COC(=O)C[C@H]1CC[C@H]2C3CC[C@H]4N(C)C(=O)C=C[C@]4(C)C3CC[C@]12C. The number of methoxy groups -OCH3 is 3. The highest BCUT2D eigenvalue weighted by molar-refractivity contribution is 5.91. The van der Waals surface area contributed by atoms with Gasteiger partial charge in [-0.3, -0.25) is 33.6 Å². The molecule has 23 heteroatoms. The first-order chi connectivity index (χ1) is 61.7. The molecule has 5 amide bonds. The Kier molecular flexibility index (Phi) is 26.5. The maximum Gasteiger partial charge on any atom is 0.340 e. The number of esters is 3. The molecule has 2 N–H and O–H groups in total. The molecule has 15 aliphatic carbocycles. The third kappa shape index (κ3) is 15.5. The van der Waals surface area contributed by atoms with Gasteiger partial charge >= 0.3 is 29.8 Å². The molecule has 20 aliphatic rings. The quantitative estimate of drug-likeness (QED) is 0.152. The standard InChI is InChI=1S/2C22H32FNO3.C22H33NO3.C21H30FNO3.C21H31NO3/c2*1-21-11-9-15-13(14(21)6-7-16(21)19(23)20(26)27-4)5-8-17-22(15,2)12-10-18(25)24(17)3;1-21-11-9-17-15(16(21)7-5-14(21)13-20(25)26-4)6-8-18-22(17,2)12-10-19(24)23(18)3;1-20-10-8-14-12(13(20)5-6-15(20)18(22)19(25)26)4-7-16-21(14,2)11-9-17(24)23(16)3;1-20-10-8-16-14(15(20)6-4-13(20)12-19(24)25)5-7-17-21(16,2)11-9-18(23)22(17)3/h2*10,12-17,19H,5-9,11H2,1-4H3;10,12,14-18H,5-9,11,13H2,1-4H3;9,11-16,18H,4-8,10H2,1-3H3,(H,25,26);9,11,13-17H,4-8,10,12H2,1-3H3,(H,24,25)/t2*13?,14-,15?,16+,17+,19?,21-,22+;14-,15?,16+,17?,18-,21-,22-;12?,13-,14?,15+,16+,18?,20-,21+;13-,14?,15+,16?,17-,20-,21-/m00101/s1. The topological polar surface area (TPSA) is 255 Å². The van der Waals surface area contributed by atoms with Gasteiger partial charge in [-0.25, -0.2) is 27.6 Å². The summed E-state index contributed by atoms with van der Waals surface area (Å²) in [6.07, 6.45) is 47.2. The second-order valence-corrected chi connectivity index (χ2v) is 48.4. The zero-order valence-electron chi connectivity index (χ0n) is 82.1. The van der Waals surface area contributed by atoms with Crippen LogP contribution in [0.15, 0.2) is 60.8 Å². The van der Waals surface area contributed by atoms with Crippen LogP contribution >= 0.6 is 0 Å². The molecule has 15 saturated carbocycles. The number of aliphatic carboxylic acids is 2. The Morgan fingerprint density at radius 2 is 0.542 bits per heavy atom. The zero-order valence-corrected chi connectivity index (χ0v) is 82.1. The van der Waals surface area contributed by atoms with Crippen molar-refractivity contribution in [3.05, 3.63) is 60.8 Å². The normalized spacial score (nSPS) is 47.7. The van der Waals surface area contributed by atoms with E-state index < -0.39 is 42.4 Å². The molecule has 38 atom stereocenters. The fourth-order valence-corrected chi connectivity index (χ4v) is 37.4. The van der Waals surface area contributed by atoms with E-state index in [9.17, 15) is 71.3 Å². The van der Waals surface area contributed by atoms with Gasteiger partial charge in [0.25, 0.3) is 0 Å². The summed E-state index contributed by atoms with van der Waals surface area (Å²) in [6, 6.07) is 1.45. The smallest absolute Gasteiger partial charge is 0.340 e. The van der Waals surface area contributed by atoms with E-state index in [0.717, 1.165) is 147 Å². The van der Waals surface area contributed by atoms with E-state index in [1.54, 1.807) is 30.4 Å². The van der Waals surface area contributed by atoms with E-state index >= 15 is 0 Å². The Balaban J connectivity index is 0.000000120. The van der Waals surface area contributed by atoms with Crippen LogP contribution in [0.2, 0.25) is 0 Å². The highest BCUT2D eigenvalue weighted by atomic mass is 19.1. The first-order valence-electron chi connectivity index (χ1n) is 51.1. The van der Waals surface area contributed by atoms with Gasteiger partial charge in [-0.2, -0.15) is 0 Å². The van der Waals surface area contributed by atoms with E-state index in [-0.39, 0.29) is 126 Å². The summed E-state index contributed by atoms with van der Waals surface area (Å²) in [5, 5.41) is 18.5. The lowest BCUT2D eigenvalue weighted by Crippen LogP contribution is -2.59. The van der Waals surface area contributed by atoms with Crippen molar-refractivity contribution in [3.8, 4) is 0 Å². The minimum atomic E-state index is -1.74. The van der Waals surface area contributed by atoms with Gasteiger partial charge in [-0.15, -0.1) is 0 Å². The Morgan fingerprint density at radius 1 is 0.313 bits per heavy atom. The third-order valence-electron chi connectivity index (χ3n) is 44.5. The summed E-state index contributed by atoms with van der Waals surface area (Å²) >= 11 is 0. The minimum absolute atomic E-state index is 0.00244. The lowest BCUT2D eigenvalue weighted by atomic mass is 9.47. The molecule has 0 aromatic rings. The number of alkyl halides is 3. The lowest BCUT2D eigenvalue weighted by molar-refractivity contribution is -0.154. The Hall–Kier alpha value is -6.81. The van der Waals surface area contributed by atoms with Gasteiger partial charge in [0.05, 0.1) is 21.3 Å². The van der Waals surface area contributed by atoms with Crippen LogP contribution in [-0.2, 0) is 62.2 Å². The molecule has 5 heterocycles. The van der Waals surface area contributed by atoms with Gasteiger partial charge in [0.2, 0.25) is 41.9 Å². The summed E-state index contributed by atoms with van der Waals surface area (Å²) in [7, 11) is 13.8. The molecule has 726 valence electrons. The van der Waals surface area contributed by atoms with E-state index in [1.165, 1.54) is 66.3 Å². The van der Waals surface area contributed by atoms with E-state index in [0.29, 0.717) is 126 Å². The molecule has 0 bridgehead atoms.